The molecule has 1 nitrogen and oxygen atoms in total. The molecule has 0 unspecified atom stereocenters. The lowest BCUT2D eigenvalue weighted by Gasteiger charge is -2.03. The number of halogens is 3. The highest BCUT2D eigenvalue weighted by atomic mass is 19.1. The first-order valence-electron chi connectivity index (χ1n) is 9.95. The van der Waals surface area contributed by atoms with Gasteiger partial charge in [-0.15, -0.1) is 0 Å². The number of hydrogen-bond acceptors (Lipinski definition) is 1. The highest BCUT2D eigenvalue weighted by molar-refractivity contribution is 5.49. The number of methoxy groups -OCH3 is 1. The van der Waals surface area contributed by atoms with Crippen LogP contribution in [0.1, 0.15) is 47.6 Å². The average molecular weight is 418 g/mol. The van der Waals surface area contributed by atoms with E-state index in [1.807, 2.05) is 6.92 Å². The Morgan fingerprint density at radius 3 is 1.81 bits per heavy atom. The molecule has 0 radical (unpaired) electrons. The van der Waals surface area contributed by atoms with Crippen molar-refractivity contribution in [3.8, 4) is 29.4 Å². The van der Waals surface area contributed by atoms with E-state index >= 15 is 0 Å². The summed E-state index contributed by atoms with van der Waals surface area (Å²) in [6.45, 7) is 2.03. The van der Waals surface area contributed by atoms with Crippen molar-refractivity contribution >= 4 is 0 Å². The summed E-state index contributed by atoms with van der Waals surface area (Å²) in [5.41, 5.74) is 2.25. The highest BCUT2D eigenvalue weighted by Crippen LogP contribution is 2.18. The first-order valence-corrected chi connectivity index (χ1v) is 9.95. The number of benzene rings is 3. The van der Waals surface area contributed by atoms with Gasteiger partial charge in [-0.2, -0.15) is 0 Å². The van der Waals surface area contributed by atoms with E-state index in [1.54, 1.807) is 30.3 Å². The Morgan fingerprint density at radius 2 is 1.26 bits per heavy atom. The van der Waals surface area contributed by atoms with Gasteiger partial charge in [0, 0.05) is 16.7 Å². The SMILES string of the molecule is CCCCc1cc(F)c(C#Cc2ccc(C#Cc3ccc(OC)c(F)c3)cc2)c(F)c1. The Bertz CT molecular complexity index is 1170. The third-order valence-electron chi connectivity index (χ3n) is 4.64. The Hall–Kier alpha value is -3.63. The number of ether oxygens (including phenoxy) is 1. The molecule has 0 bridgehead atoms. The van der Waals surface area contributed by atoms with Crippen LogP contribution in [0.25, 0.3) is 0 Å². The Kier molecular flexibility index (Phi) is 7.41. The molecule has 0 aromatic heterocycles. The highest BCUT2D eigenvalue weighted by Gasteiger charge is 2.09. The van der Waals surface area contributed by atoms with E-state index < -0.39 is 17.5 Å². The van der Waals surface area contributed by atoms with Gasteiger partial charge in [0.25, 0.3) is 0 Å². The lowest BCUT2D eigenvalue weighted by molar-refractivity contribution is 0.386. The van der Waals surface area contributed by atoms with Gasteiger partial charge in [0.2, 0.25) is 0 Å². The molecule has 0 fully saturated rings. The van der Waals surface area contributed by atoms with Crippen LogP contribution in [0.2, 0.25) is 0 Å². The van der Waals surface area contributed by atoms with Crippen molar-refractivity contribution in [1.82, 2.24) is 0 Å². The second-order valence-electron chi connectivity index (χ2n) is 6.96. The molecule has 0 heterocycles. The number of hydrogen-bond donors (Lipinski definition) is 0. The Labute approximate surface area is 180 Å². The summed E-state index contributed by atoms with van der Waals surface area (Å²) < 4.78 is 47.1. The van der Waals surface area contributed by atoms with Gasteiger partial charge in [0.05, 0.1) is 12.7 Å². The number of unbranched alkanes of at least 4 members (excludes halogenated alkanes) is 1. The maximum atomic E-state index is 14.2. The van der Waals surface area contributed by atoms with Gasteiger partial charge in [-0.1, -0.05) is 37.0 Å². The van der Waals surface area contributed by atoms with Gasteiger partial charge in [0.1, 0.15) is 11.6 Å². The van der Waals surface area contributed by atoms with E-state index in [9.17, 15) is 13.2 Å². The van der Waals surface area contributed by atoms with Crippen LogP contribution in [-0.2, 0) is 6.42 Å². The van der Waals surface area contributed by atoms with Crippen LogP contribution in [-0.4, -0.2) is 7.11 Å². The van der Waals surface area contributed by atoms with Gasteiger partial charge >= 0.3 is 0 Å². The molecule has 31 heavy (non-hydrogen) atoms. The van der Waals surface area contributed by atoms with Crippen molar-refractivity contribution in [2.45, 2.75) is 26.2 Å². The van der Waals surface area contributed by atoms with Crippen LogP contribution < -0.4 is 4.74 Å². The number of aryl methyl sites for hydroxylation is 1. The second-order valence-corrected chi connectivity index (χ2v) is 6.96. The van der Waals surface area contributed by atoms with Crippen LogP contribution in [0.5, 0.6) is 5.75 Å². The zero-order chi connectivity index (χ0) is 22.2. The largest absolute Gasteiger partial charge is 0.494 e. The Morgan fingerprint density at radius 1 is 0.710 bits per heavy atom. The lowest BCUT2D eigenvalue weighted by atomic mass is 10.0. The fourth-order valence-corrected chi connectivity index (χ4v) is 2.93. The molecule has 0 aliphatic rings. The van der Waals surface area contributed by atoms with Crippen LogP contribution in [0.3, 0.4) is 0 Å². The maximum absolute atomic E-state index is 14.2. The molecule has 0 saturated carbocycles. The van der Waals surface area contributed by atoms with Crippen molar-refractivity contribution in [2.24, 2.45) is 0 Å². The van der Waals surface area contributed by atoms with E-state index in [-0.39, 0.29) is 11.3 Å². The summed E-state index contributed by atoms with van der Waals surface area (Å²) in [6, 6.07) is 14.1. The van der Waals surface area contributed by atoms with E-state index in [4.69, 9.17) is 4.74 Å². The van der Waals surface area contributed by atoms with Crippen molar-refractivity contribution in [3.05, 3.63) is 99.9 Å². The third kappa shape index (κ3) is 5.93. The zero-order valence-electron chi connectivity index (χ0n) is 17.4. The van der Waals surface area contributed by atoms with Gasteiger partial charge in [-0.3, -0.25) is 0 Å². The predicted molar refractivity (Wildman–Crippen MR) is 116 cm³/mol. The first-order chi connectivity index (χ1) is 15.0. The normalized spacial score (nSPS) is 9.97. The molecule has 4 heteroatoms. The topological polar surface area (TPSA) is 9.23 Å². The molecular weight excluding hydrogens is 397 g/mol. The predicted octanol–water partition coefficient (Wildman–Crippen LogP) is 6.25. The van der Waals surface area contributed by atoms with Gasteiger partial charge in [-0.05, 0) is 73.0 Å². The molecule has 3 aromatic carbocycles. The van der Waals surface area contributed by atoms with E-state index in [2.05, 4.69) is 23.7 Å². The standard InChI is InChI=1S/C27H21F3O/c1-3-4-5-22-17-24(28)23(25(29)18-22)14-12-20-8-6-19(7-9-20)10-11-21-13-15-27(31-2)26(30)16-21/h6-9,13,15-18H,3-5H2,1-2H3. The summed E-state index contributed by atoms with van der Waals surface area (Å²) in [5.74, 6) is 9.60. The van der Waals surface area contributed by atoms with Crippen LogP contribution in [0, 0.1) is 41.1 Å². The molecule has 0 amide bonds. The lowest BCUT2D eigenvalue weighted by Crippen LogP contribution is -1.95. The van der Waals surface area contributed by atoms with Crippen LogP contribution >= 0.6 is 0 Å². The monoisotopic (exact) mass is 418 g/mol. The van der Waals surface area contributed by atoms with Crippen molar-refractivity contribution in [2.75, 3.05) is 7.11 Å². The third-order valence-corrected chi connectivity index (χ3v) is 4.64. The quantitative estimate of drug-likeness (QED) is 0.455. The maximum Gasteiger partial charge on any atom is 0.166 e. The molecule has 0 atom stereocenters. The summed E-state index contributed by atoms with van der Waals surface area (Å²) in [5, 5.41) is 0. The van der Waals surface area contributed by atoms with Crippen LogP contribution in [0.15, 0.2) is 54.6 Å². The molecule has 3 rings (SSSR count). The molecule has 0 saturated heterocycles. The minimum atomic E-state index is -0.646. The van der Waals surface area contributed by atoms with E-state index in [0.717, 1.165) is 12.8 Å². The minimum Gasteiger partial charge on any atom is -0.494 e. The average Bonchev–Trinajstić information content (AvgIpc) is 2.76. The molecule has 0 aliphatic carbocycles. The summed E-state index contributed by atoms with van der Waals surface area (Å²) in [7, 11) is 1.40. The molecule has 156 valence electrons. The van der Waals surface area contributed by atoms with Gasteiger partial charge < -0.3 is 4.74 Å². The fourth-order valence-electron chi connectivity index (χ4n) is 2.93. The smallest absolute Gasteiger partial charge is 0.166 e. The molecule has 3 aromatic rings. The first kappa shape index (κ1) is 22.1. The minimum absolute atomic E-state index is 0.164. The molecule has 0 spiro atoms. The summed E-state index contributed by atoms with van der Waals surface area (Å²) in [6.07, 6.45) is 2.48. The van der Waals surface area contributed by atoms with E-state index in [1.165, 1.54) is 31.4 Å². The fraction of sp³-hybridized carbons (Fsp3) is 0.185. The molecule has 0 aliphatic heterocycles. The van der Waals surface area contributed by atoms with Crippen molar-refractivity contribution in [3.63, 3.8) is 0 Å². The Balaban J connectivity index is 1.74. The summed E-state index contributed by atoms with van der Waals surface area (Å²) >= 11 is 0. The van der Waals surface area contributed by atoms with Crippen molar-refractivity contribution < 1.29 is 17.9 Å². The zero-order valence-corrected chi connectivity index (χ0v) is 17.4. The van der Waals surface area contributed by atoms with Crippen molar-refractivity contribution in [1.29, 1.82) is 0 Å². The van der Waals surface area contributed by atoms with Crippen LogP contribution in [0.4, 0.5) is 13.2 Å². The molecule has 0 N–H and O–H groups in total. The van der Waals surface area contributed by atoms with Gasteiger partial charge in [-0.25, -0.2) is 13.2 Å². The summed E-state index contributed by atoms with van der Waals surface area (Å²) in [4.78, 5) is 0. The molecular formula is C27H21F3O. The second kappa shape index (κ2) is 10.4. The van der Waals surface area contributed by atoms with Gasteiger partial charge in [0.15, 0.2) is 11.6 Å². The van der Waals surface area contributed by atoms with E-state index in [0.29, 0.717) is 28.7 Å². The number of rotatable bonds is 4.